The molecule has 0 aliphatic carbocycles. The van der Waals surface area contributed by atoms with Crippen molar-refractivity contribution in [2.24, 2.45) is 0 Å². The first-order chi connectivity index (χ1) is 15.8. The number of halogens is 3. The lowest BCUT2D eigenvalue weighted by Crippen LogP contribution is -2.13. The van der Waals surface area contributed by atoms with Crippen molar-refractivity contribution in [1.29, 1.82) is 0 Å². The van der Waals surface area contributed by atoms with Crippen LogP contribution in [0.25, 0.3) is 0 Å². The predicted molar refractivity (Wildman–Crippen MR) is 127 cm³/mol. The highest BCUT2D eigenvalue weighted by Crippen LogP contribution is 2.26. The summed E-state index contributed by atoms with van der Waals surface area (Å²) < 4.78 is 41.1. The van der Waals surface area contributed by atoms with Crippen LogP contribution in [0.1, 0.15) is 0 Å². The summed E-state index contributed by atoms with van der Waals surface area (Å²) in [5, 5.41) is 6.14. The molecule has 0 atom stereocenters. The van der Waals surface area contributed by atoms with E-state index in [0.29, 0.717) is 28.7 Å². The molecule has 0 aliphatic heterocycles. The van der Waals surface area contributed by atoms with Gasteiger partial charge in [0.1, 0.15) is 28.7 Å². The molecule has 168 valence electrons. The fourth-order valence-corrected chi connectivity index (χ4v) is 4.46. The van der Waals surface area contributed by atoms with E-state index < -0.39 is 15.8 Å². The minimum absolute atomic E-state index is 0.0146. The third-order valence-electron chi connectivity index (χ3n) is 4.27. The predicted octanol–water partition coefficient (Wildman–Crippen LogP) is 5.61. The van der Waals surface area contributed by atoms with Gasteiger partial charge < -0.3 is 10.6 Å². The Hall–Kier alpha value is -3.47. The van der Waals surface area contributed by atoms with Gasteiger partial charge in [-0.15, -0.1) is 0 Å². The normalized spacial score (nSPS) is 11.1. The average molecular weight is 505 g/mol. The van der Waals surface area contributed by atoms with Gasteiger partial charge in [0, 0.05) is 29.8 Å². The number of nitrogens with zero attached hydrogens (tertiary/aromatic N) is 3. The van der Waals surface area contributed by atoms with Gasteiger partial charge in [-0.05, 0) is 42.5 Å². The summed E-state index contributed by atoms with van der Waals surface area (Å²) in [5.74, 6) is 0.364. The highest BCUT2D eigenvalue weighted by Gasteiger charge is 2.18. The quantitative estimate of drug-likeness (QED) is 0.300. The van der Waals surface area contributed by atoms with Crippen LogP contribution in [-0.2, 0) is 10.0 Å². The first-order valence-electron chi connectivity index (χ1n) is 9.34. The second-order valence-electron chi connectivity index (χ2n) is 6.66. The number of pyridine rings is 1. The summed E-state index contributed by atoms with van der Waals surface area (Å²) in [6.45, 7) is 0. The van der Waals surface area contributed by atoms with E-state index in [1.807, 2.05) is 0 Å². The number of anilines is 5. The van der Waals surface area contributed by atoms with Crippen molar-refractivity contribution in [3.8, 4) is 0 Å². The Morgan fingerprint density at radius 3 is 2.21 bits per heavy atom. The van der Waals surface area contributed by atoms with Gasteiger partial charge in [-0.1, -0.05) is 29.3 Å². The molecule has 0 radical (unpaired) electrons. The van der Waals surface area contributed by atoms with E-state index in [1.165, 1.54) is 43.0 Å². The molecule has 0 spiro atoms. The zero-order chi connectivity index (χ0) is 23.4. The second kappa shape index (κ2) is 9.57. The van der Waals surface area contributed by atoms with E-state index in [2.05, 4.69) is 30.3 Å². The minimum Gasteiger partial charge on any atom is -0.340 e. The molecule has 4 rings (SSSR count). The largest absolute Gasteiger partial charge is 0.340 e. The number of hydrogen-bond donors (Lipinski definition) is 3. The first-order valence-corrected chi connectivity index (χ1v) is 11.6. The van der Waals surface area contributed by atoms with Crippen molar-refractivity contribution in [3.63, 3.8) is 0 Å². The van der Waals surface area contributed by atoms with E-state index >= 15 is 0 Å². The summed E-state index contributed by atoms with van der Waals surface area (Å²) >= 11 is 11.8. The lowest BCUT2D eigenvalue weighted by atomic mass is 10.3. The SMILES string of the molecule is O=S(=O)(Nc1cccc(Nc2cc(Nc3ccc(F)c(Cl)c3)ncn2)c1)c1cnccc1Cl. The van der Waals surface area contributed by atoms with Gasteiger partial charge in [0.25, 0.3) is 10.0 Å². The highest BCUT2D eigenvalue weighted by molar-refractivity contribution is 7.92. The van der Waals surface area contributed by atoms with Gasteiger partial charge in [-0.25, -0.2) is 22.8 Å². The Labute approximate surface area is 198 Å². The lowest BCUT2D eigenvalue weighted by Gasteiger charge is -2.12. The topological polar surface area (TPSA) is 109 Å². The molecule has 0 bridgehead atoms. The van der Waals surface area contributed by atoms with Gasteiger partial charge >= 0.3 is 0 Å². The van der Waals surface area contributed by atoms with Crippen LogP contribution in [0.3, 0.4) is 0 Å². The molecule has 0 aliphatic rings. The zero-order valence-electron chi connectivity index (χ0n) is 16.6. The molecule has 8 nitrogen and oxygen atoms in total. The first kappa shape index (κ1) is 22.7. The van der Waals surface area contributed by atoms with Crippen molar-refractivity contribution in [2.75, 3.05) is 15.4 Å². The third kappa shape index (κ3) is 5.67. The Bertz CT molecular complexity index is 1420. The maximum Gasteiger partial charge on any atom is 0.264 e. The van der Waals surface area contributed by atoms with Crippen molar-refractivity contribution >= 4 is 61.9 Å². The molecule has 0 amide bonds. The smallest absolute Gasteiger partial charge is 0.264 e. The molecular weight excluding hydrogens is 490 g/mol. The van der Waals surface area contributed by atoms with Crippen molar-refractivity contribution < 1.29 is 12.8 Å². The molecule has 2 heterocycles. The van der Waals surface area contributed by atoms with Crippen LogP contribution in [0.4, 0.5) is 33.1 Å². The molecule has 0 fully saturated rings. The standard InChI is InChI=1S/C21H15Cl2FN6O2S/c22-16-6-7-25-11-19(16)33(31,32)30-15-3-1-2-13(8-15)28-20-10-21(27-12-26-20)29-14-4-5-18(24)17(23)9-14/h1-12,30H,(H2,26,27,28,29). The van der Waals surface area contributed by atoms with Crippen LogP contribution in [0, 0.1) is 5.82 Å². The Balaban J connectivity index is 1.50. The Kier molecular flexibility index (Phi) is 6.59. The molecule has 4 aromatic rings. The molecule has 0 saturated heterocycles. The Morgan fingerprint density at radius 2 is 1.52 bits per heavy atom. The molecular formula is C21H15Cl2FN6O2S. The van der Waals surface area contributed by atoms with Crippen molar-refractivity contribution in [3.05, 3.63) is 89.2 Å². The number of benzene rings is 2. The van der Waals surface area contributed by atoms with Gasteiger partial charge in [-0.2, -0.15) is 0 Å². The number of sulfonamides is 1. The van der Waals surface area contributed by atoms with E-state index in [9.17, 15) is 12.8 Å². The fourth-order valence-electron chi connectivity index (χ4n) is 2.79. The van der Waals surface area contributed by atoms with Crippen LogP contribution in [-0.4, -0.2) is 23.4 Å². The van der Waals surface area contributed by atoms with Crippen molar-refractivity contribution in [2.45, 2.75) is 4.90 Å². The zero-order valence-corrected chi connectivity index (χ0v) is 19.0. The molecule has 0 unspecified atom stereocenters. The number of rotatable bonds is 7. The molecule has 2 aromatic heterocycles. The second-order valence-corrected chi connectivity index (χ2v) is 9.13. The van der Waals surface area contributed by atoms with Gasteiger partial charge in [-0.3, -0.25) is 9.71 Å². The van der Waals surface area contributed by atoms with Crippen LogP contribution >= 0.6 is 23.2 Å². The third-order valence-corrected chi connectivity index (χ3v) is 6.41. The molecule has 2 aromatic carbocycles. The van der Waals surface area contributed by atoms with Crippen LogP contribution in [0.2, 0.25) is 10.0 Å². The van der Waals surface area contributed by atoms with E-state index in [0.717, 1.165) is 0 Å². The molecule has 12 heteroatoms. The van der Waals surface area contributed by atoms with Gasteiger partial charge in [0.2, 0.25) is 0 Å². The summed E-state index contributed by atoms with van der Waals surface area (Å²) in [7, 11) is -3.93. The summed E-state index contributed by atoms with van der Waals surface area (Å²) in [5.41, 5.74) is 1.44. The highest BCUT2D eigenvalue weighted by atomic mass is 35.5. The summed E-state index contributed by atoms with van der Waals surface area (Å²) in [6.07, 6.45) is 3.92. The van der Waals surface area contributed by atoms with Gasteiger partial charge in [0.05, 0.1) is 15.7 Å². The monoisotopic (exact) mass is 504 g/mol. The van der Waals surface area contributed by atoms with Gasteiger partial charge in [0.15, 0.2) is 0 Å². The molecule has 3 N–H and O–H groups in total. The molecule has 0 saturated carbocycles. The van der Waals surface area contributed by atoms with E-state index in [1.54, 1.807) is 30.3 Å². The Morgan fingerprint density at radius 1 is 0.818 bits per heavy atom. The lowest BCUT2D eigenvalue weighted by molar-refractivity contribution is 0.601. The van der Waals surface area contributed by atoms with E-state index in [4.69, 9.17) is 23.2 Å². The summed E-state index contributed by atoms with van der Waals surface area (Å²) in [4.78, 5) is 12.0. The van der Waals surface area contributed by atoms with Crippen molar-refractivity contribution in [1.82, 2.24) is 15.0 Å². The average Bonchev–Trinajstić information content (AvgIpc) is 2.77. The van der Waals surface area contributed by atoms with Crippen LogP contribution in [0.5, 0.6) is 0 Å². The number of nitrogens with one attached hydrogen (secondary N) is 3. The number of hydrogen-bond acceptors (Lipinski definition) is 7. The maximum atomic E-state index is 13.3. The van der Waals surface area contributed by atoms with Crippen LogP contribution in [0.15, 0.2) is 78.2 Å². The summed E-state index contributed by atoms with van der Waals surface area (Å²) in [6, 6.07) is 13.8. The van der Waals surface area contributed by atoms with Crippen LogP contribution < -0.4 is 15.4 Å². The number of aromatic nitrogens is 3. The maximum absolute atomic E-state index is 13.3. The minimum atomic E-state index is -3.93. The molecule has 33 heavy (non-hydrogen) atoms. The fraction of sp³-hybridized carbons (Fsp3) is 0. The van der Waals surface area contributed by atoms with E-state index in [-0.39, 0.29) is 14.9 Å².